The van der Waals surface area contributed by atoms with Crippen molar-refractivity contribution in [2.75, 3.05) is 20.6 Å². The standard InChI is InChI=1S/C23H32FN5O2/c1-14-8-9-16(24)15(12-14)20-26-18(17-13-28(6)10-7-11-29(17)20)21(30)27-19(22(31)25-5)23(2,3)4/h8-9,12,19H,7,10-11,13H2,1-6H3,(H,25,31)(H,27,30)/t19-/m1/s1. The Hall–Kier alpha value is -2.74. The molecule has 0 unspecified atom stereocenters. The predicted molar refractivity (Wildman–Crippen MR) is 118 cm³/mol. The van der Waals surface area contributed by atoms with E-state index < -0.39 is 17.4 Å². The first-order chi connectivity index (χ1) is 14.5. The van der Waals surface area contributed by atoms with E-state index in [4.69, 9.17) is 0 Å². The van der Waals surface area contributed by atoms with E-state index >= 15 is 0 Å². The summed E-state index contributed by atoms with van der Waals surface area (Å²) in [6, 6.07) is 4.16. The molecule has 2 aromatic rings. The number of nitrogens with one attached hydrogen (secondary N) is 2. The maximum atomic E-state index is 14.7. The Morgan fingerprint density at radius 2 is 1.94 bits per heavy atom. The second-order valence-corrected chi connectivity index (χ2v) is 9.34. The molecule has 0 radical (unpaired) electrons. The largest absolute Gasteiger partial charge is 0.357 e. The van der Waals surface area contributed by atoms with E-state index in [0.717, 1.165) is 24.2 Å². The SMILES string of the molecule is CNC(=O)[C@@H](NC(=O)c1nc(-c2cc(C)ccc2F)n2c1CN(C)CCC2)C(C)(C)C. The minimum Gasteiger partial charge on any atom is -0.357 e. The van der Waals surface area contributed by atoms with Crippen molar-refractivity contribution in [1.29, 1.82) is 0 Å². The molecule has 0 bridgehead atoms. The van der Waals surface area contributed by atoms with Crippen LogP contribution in [-0.4, -0.2) is 52.9 Å². The Labute approximate surface area is 183 Å². The van der Waals surface area contributed by atoms with Crippen LogP contribution in [0.1, 0.15) is 48.9 Å². The first kappa shape index (κ1) is 22.9. The second-order valence-electron chi connectivity index (χ2n) is 9.34. The van der Waals surface area contributed by atoms with E-state index in [-0.39, 0.29) is 17.4 Å². The smallest absolute Gasteiger partial charge is 0.272 e. The summed E-state index contributed by atoms with van der Waals surface area (Å²) in [5.74, 6) is -0.625. The number of carbonyl (C=O) groups excluding carboxylic acids is 2. The van der Waals surface area contributed by atoms with Gasteiger partial charge in [0, 0.05) is 20.1 Å². The van der Waals surface area contributed by atoms with Gasteiger partial charge in [-0.15, -0.1) is 0 Å². The minimum absolute atomic E-state index is 0.239. The molecule has 1 aliphatic rings. The maximum absolute atomic E-state index is 14.7. The van der Waals surface area contributed by atoms with Crippen molar-refractivity contribution in [2.45, 2.75) is 53.2 Å². The van der Waals surface area contributed by atoms with Crippen molar-refractivity contribution in [3.05, 3.63) is 41.0 Å². The number of fused-ring (bicyclic) bond motifs is 1. The third kappa shape index (κ3) is 4.79. The number of hydrogen-bond acceptors (Lipinski definition) is 4. The van der Waals surface area contributed by atoms with E-state index in [2.05, 4.69) is 20.5 Å². The highest BCUT2D eigenvalue weighted by molar-refractivity contribution is 5.97. The number of halogens is 1. The Bertz CT molecular complexity index is 993. The number of likely N-dealkylation sites (N-methyl/N-ethyl adjacent to an activating group) is 1. The number of benzene rings is 1. The van der Waals surface area contributed by atoms with Gasteiger partial charge in [-0.25, -0.2) is 9.37 Å². The zero-order chi connectivity index (χ0) is 22.9. The summed E-state index contributed by atoms with van der Waals surface area (Å²) < 4.78 is 16.7. The van der Waals surface area contributed by atoms with Crippen LogP contribution in [0, 0.1) is 18.2 Å². The van der Waals surface area contributed by atoms with Gasteiger partial charge in [0.05, 0.1) is 11.3 Å². The third-order valence-electron chi connectivity index (χ3n) is 5.64. The van der Waals surface area contributed by atoms with Gasteiger partial charge in [0.15, 0.2) is 5.69 Å². The Morgan fingerprint density at radius 1 is 1.23 bits per heavy atom. The molecule has 1 atom stereocenters. The number of hydrogen-bond donors (Lipinski definition) is 2. The summed E-state index contributed by atoms with van der Waals surface area (Å²) in [6.07, 6.45) is 0.865. The lowest BCUT2D eigenvalue weighted by Gasteiger charge is -2.29. The highest BCUT2D eigenvalue weighted by atomic mass is 19.1. The number of rotatable bonds is 4. The van der Waals surface area contributed by atoms with E-state index in [1.165, 1.54) is 6.07 Å². The zero-order valence-electron chi connectivity index (χ0n) is 19.2. The zero-order valence-corrected chi connectivity index (χ0v) is 19.2. The lowest BCUT2D eigenvalue weighted by Crippen LogP contribution is -2.53. The van der Waals surface area contributed by atoms with Gasteiger partial charge >= 0.3 is 0 Å². The normalized spacial score (nSPS) is 15.7. The van der Waals surface area contributed by atoms with E-state index in [1.807, 2.05) is 39.3 Å². The summed E-state index contributed by atoms with van der Waals surface area (Å²) in [5, 5.41) is 5.48. The van der Waals surface area contributed by atoms with Crippen LogP contribution in [0.25, 0.3) is 11.4 Å². The highest BCUT2D eigenvalue weighted by Crippen LogP contribution is 2.29. The predicted octanol–water partition coefficient (Wildman–Crippen LogP) is 2.72. The van der Waals surface area contributed by atoms with Crippen LogP contribution < -0.4 is 10.6 Å². The van der Waals surface area contributed by atoms with E-state index in [1.54, 1.807) is 19.2 Å². The molecule has 8 heteroatoms. The molecule has 0 fully saturated rings. The van der Waals surface area contributed by atoms with Crippen LogP contribution in [0.5, 0.6) is 0 Å². The first-order valence-corrected chi connectivity index (χ1v) is 10.6. The average Bonchev–Trinajstić information content (AvgIpc) is 2.92. The Kier molecular flexibility index (Phi) is 6.50. The van der Waals surface area contributed by atoms with Crippen LogP contribution in [-0.2, 0) is 17.9 Å². The van der Waals surface area contributed by atoms with Gasteiger partial charge in [0.1, 0.15) is 17.7 Å². The molecule has 7 nitrogen and oxygen atoms in total. The maximum Gasteiger partial charge on any atom is 0.272 e. The fraction of sp³-hybridized carbons (Fsp3) is 0.522. The number of carbonyl (C=O) groups is 2. The number of amides is 2. The molecular weight excluding hydrogens is 397 g/mol. The highest BCUT2D eigenvalue weighted by Gasteiger charge is 2.35. The number of aryl methyl sites for hydroxylation is 1. The average molecular weight is 430 g/mol. The van der Waals surface area contributed by atoms with Crippen molar-refractivity contribution in [3.8, 4) is 11.4 Å². The number of aromatic nitrogens is 2. The molecule has 168 valence electrons. The molecule has 0 aliphatic carbocycles. The molecular formula is C23H32FN5O2. The van der Waals surface area contributed by atoms with Crippen LogP contribution in [0.4, 0.5) is 4.39 Å². The Balaban J connectivity index is 2.10. The van der Waals surface area contributed by atoms with E-state index in [9.17, 15) is 14.0 Å². The van der Waals surface area contributed by atoms with Gasteiger partial charge in [-0.05, 0) is 44.5 Å². The summed E-state index contributed by atoms with van der Waals surface area (Å²) in [4.78, 5) is 32.5. The summed E-state index contributed by atoms with van der Waals surface area (Å²) >= 11 is 0. The minimum atomic E-state index is -0.731. The van der Waals surface area contributed by atoms with Crippen LogP contribution in [0.15, 0.2) is 18.2 Å². The molecule has 1 aromatic carbocycles. The van der Waals surface area contributed by atoms with Gasteiger partial charge < -0.3 is 20.1 Å². The number of nitrogens with zero attached hydrogens (tertiary/aromatic N) is 3. The Morgan fingerprint density at radius 3 is 2.58 bits per heavy atom. The van der Waals surface area contributed by atoms with Crippen molar-refractivity contribution in [2.24, 2.45) is 5.41 Å². The molecule has 0 saturated heterocycles. The van der Waals surface area contributed by atoms with Gasteiger partial charge in [-0.1, -0.05) is 32.4 Å². The monoisotopic (exact) mass is 429 g/mol. The van der Waals surface area contributed by atoms with Crippen LogP contribution in [0.2, 0.25) is 0 Å². The topological polar surface area (TPSA) is 79.3 Å². The van der Waals surface area contributed by atoms with Gasteiger partial charge in [-0.3, -0.25) is 9.59 Å². The first-order valence-electron chi connectivity index (χ1n) is 10.6. The third-order valence-corrected chi connectivity index (χ3v) is 5.64. The fourth-order valence-electron chi connectivity index (χ4n) is 3.94. The van der Waals surface area contributed by atoms with Gasteiger partial charge in [-0.2, -0.15) is 0 Å². The fourth-order valence-corrected chi connectivity index (χ4v) is 3.94. The molecule has 2 amide bonds. The molecule has 1 aliphatic heterocycles. The molecule has 1 aromatic heterocycles. The van der Waals surface area contributed by atoms with E-state index in [0.29, 0.717) is 24.5 Å². The molecule has 0 saturated carbocycles. The van der Waals surface area contributed by atoms with Crippen molar-refractivity contribution >= 4 is 11.8 Å². The van der Waals surface area contributed by atoms with Crippen molar-refractivity contribution in [1.82, 2.24) is 25.1 Å². The molecule has 31 heavy (non-hydrogen) atoms. The molecule has 0 spiro atoms. The van der Waals surface area contributed by atoms with Crippen molar-refractivity contribution in [3.63, 3.8) is 0 Å². The van der Waals surface area contributed by atoms with Crippen LogP contribution in [0.3, 0.4) is 0 Å². The quantitative estimate of drug-likeness (QED) is 0.783. The van der Waals surface area contributed by atoms with Crippen LogP contribution >= 0.6 is 0 Å². The molecule has 2 N–H and O–H groups in total. The number of imidazole rings is 1. The van der Waals surface area contributed by atoms with Crippen molar-refractivity contribution < 1.29 is 14.0 Å². The summed E-state index contributed by atoms with van der Waals surface area (Å²) in [5.41, 5.74) is 1.77. The van der Waals surface area contributed by atoms with Gasteiger partial charge in [0.2, 0.25) is 5.91 Å². The molecule has 3 rings (SSSR count). The van der Waals surface area contributed by atoms with Gasteiger partial charge in [0.25, 0.3) is 5.91 Å². The lowest BCUT2D eigenvalue weighted by molar-refractivity contribution is -0.124. The second kappa shape index (κ2) is 8.78. The lowest BCUT2D eigenvalue weighted by atomic mass is 9.86. The molecule has 2 heterocycles. The summed E-state index contributed by atoms with van der Waals surface area (Å²) in [6.45, 7) is 9.59. The summed E-state index contributed by atoms with van der Waals surface area (Å²) in [7, 11) is 3.53.